The molecule has 1 rings (SSSR count). The third-order valence-corrected chi connectivity index (χ3v) is 2.67. The maximum absolute atomic E-state index is 13.0. The Morgan fingerprint density at radius 1 is 1.47 bits per heavy atom. The molecular weight excluding hydrogens is 257 g/mol. The predicted octanol–water partition coefficient (Wildman–Crippen LogP) is 1.67. The zero-order valence-electron chi connectivity index (χ0n) is 6.92. The summed E-state index contributed by atoms with van der Waals surface area (Å²) in [6.07, 6.45) is -3.18. The summed E-state index contributed by atoms with van der Waals surface area (Å²) in [7, 11) is 0.540. The molecule has 0 spiro atoms. The van der Waals surface area contributed by atoms with E-state index in [4.69, 9.17) is 16.4 Å². The Bertz CT molecular complexity index is 468. The number of halogens is 4. The summed E-state index contributed by atoms with van der Waals surface area (Å²) in [5.74, 6) is -2.36. The van der Waals surface area contributed by atoms with Gasteiger partial charge in [-0.1, -0.05) is 0 Å². The van der Waals surface area contributed by atoms with Crippen LogP contribution >= 0.6 is 10.7 Å². The fourth-order valence-corrected chi connectivity index (χ4v) is 1.55. The van der Waals surface area contributed by atoms with Crippen molar-refractivity contribution in [2.24, 2.45) is 0 Å². The van der Waals surface area contributed by atoms with Crippen LogP contribution in [0.4, 0.5) is 19.0 Å². The molecule has 0 bridgehead atoms. The highest BCUT2D eigenvalue weighted by molar-refractivity contribution is 8.13. The number of rotatable bonds is 2. The number of nitrogen functional groups attached to an aromatic ring is 1. The summed E-state index contributed by atoms with van der Waals surface area (Å²) in [6.45, 7) is 0. The van der Waals surface area contributed by atoms with E-state index in [9.17, 15) is 21.6 Å². The number of pyridine rings is 1. The van der Waals surface area contributed by atoms with E-state index in [0.717, 1.165) is 0 Å². The Balaban J connectivity index is 3.45. The summed E-state index contributed by atoms with van der Waals surface area (Å²) in [5.41, 5.74) is 3.83. The highest BCUT2D eigenvalue weighted by Crippen LogP contribution is 2.28. The number of nitrogens with zero attached hydrogens (tertiary/aromatic N) is 1. The van der Waals surface area contributed by atoms with Gasteiger partial charge in [-0.3, -0.25) is 0 Å². The third kappa shape index (κ3) is 2.51. The van der Waals surface area contributed by atoms with Gasteiger partial charge in [-0.2, -0.15) is 0 Å². The van der Waals surface area contributed by atoms with Crippen molar-refractivity contribution >= 4 is 25.6 Å². The van der Waals surface area contributed by atoms with Crippen molar-refractivity contribution < 1.29 is 21.6 Å². The Kier molecular flexibility index (Phi) is 3.10. The fraction of sp³-hybridized carbons (Fsp3) is 0.167. The van der Waals surface area contributed by atoms with E-state index < -0.39 is 37.7 Å². The van der Waals surface area contributed by atoms with Crippen LogP contribution in [0.5, 0.6) is 0 Å². The molecule has 0 saturated heterocycles. The van der Waals surface area contributed by atoms with Crippen LogP contribution in [0.25, 0.3) is 0 Å². The molecule has 84 valence electrons. The van der Waals surface area contributed by atoms with E-state index in [2.05, 4.69) is 4.98 Å². The second-order valence-electron chi connectivity index (χ2n) is 2.48. The molecule has 0 aliphatic rings. The minimum Gasteiger partial charge on any atom is -0.383 e. The zero-order chi connectivity index (χ0) is 11.8. The maximum Gasteiger partial charge on any atom is 0.278 e. The Morgan fingerprint density at radius 3 is 2.33 bits per heavy atom. The van der Waals surface area contributed by atoms with Crippen LogP contribution in [0.3, 0.4) is 0 Å². The molecular formula is C6H4ClF3N2O2S. The average molecular weight is 261 g/mol. The normalized spacial score (nSPS) is 12.1. The van der Waals surface area contributed by atoms with Crippen molar-refractivity contribution in [2.45, 2.75) is 11.5 Å². The van der Waals surface area contributed by atoms with Crippen LogP contribution in [-0.4, -0.2) is 13.4 Å². The molecule has 4 nitrogen and oxygen atoms in total. The molecule has 2 N–H and O–H groups in total. The van der Waals surface area contributed by atoms with Crippen molar-refractivity contribution in [1.29, 1.82) is 0 Å². The molecule has 1 aromatic rings. The van der Waals surface area contributed by atoms with Gasteiger partial charge in [0.1, 0.15) is 11.6 Å². The van der Waals surface area contributed by atoms with Crippen molar-refractivity contribution in [3.63, 3.8) is 0 Å². The van der Waals surface area contributed by atoms with Crippen molar-refractivity contribution in [3.05, 3.63) is 17.4 Å². The maximum atomic E-state index is 13.0. The number of aromatic nitrogens is 1. The largest absolute Gasteiger partial charge is 0.383 e. The minimum absolute atomic E-state index is 0.292. The van der Waals surface area contributed by atoms with E-state index in [1.54, 1.807) is 0 Å². The molecule has 0 atom stereocenters. The van der Waals surface area contributed by atoms with Crippen LogP contribution in [0, 0.1) is 5.82 Å². The highest BCUT2D eigenvalue weighted by atomic mass is 35.7. The van der Waals surface area contributed by atoms with Gasteiger partial charge in [-0.25, -0.2) is 26.6 Å². The minimum atomic E-state index is -4.29. The molecule has 9 heteroatoms. The van der Waals surface area contributed by atoms with E-state index in [1.165, 1.54) is 0 Å². The smallest absolute Gasteiger partial charge is 0.278 e. The van der Waals surface area contributed by atoms with Gasteiger partial charge < -0.3 is 5.73 Å². The lowest BCUT2D eigenvalue weighted by atomic mass is 10.2. The van der Waals surface area contributed by atoms with Gasteiger partial charge in [0.05, 0.1) is 5.56 Å². The first-order valence-corrected chi connectivity index (χ1v) is 5.73. The molecule has 1 heterocycles. The van der Waals surface area contributed by atoms with E-state index >= 15 is 0 Å². The van der Waals surface area contributed by atoms with Crippen LogP contribution in [0.15, 0.2) is 11.1 Å². The van der Waals surface area contributed by atoms with Gasteiger partial charge in [0.15, 0.2) is 5.03 Å². The summed E-state index contributed by atoms with van der Waals surface area (Å²) >= 11 is 0. The molecule has 1 aromatic heterocycles. The average Bonchev–Trinajstić information content (AvgIpc) is 1.99. The van der Waals surface area contributed by atoms with Crippen LogP contribution < -0.4 is 5.73 Å². The Morgan fingerprint density at radius 2 is 2.00 bits per heavy atom. The third-order valence-electron chi connectivity index (χ3n) is 1.48. The lowest BCUT2D eigenvalue weighted by Gasteiger charge is -2.06. The van der Waals surface area contributed by atoms with Crippen LogP contribution in [0.1, 0.15) is 12.0 Å². The van der Waals surface area contributed by atoms with Gasteiger partial charge in [-0.05, 0) is 0 Å². The molecule has 0 aromatic carbocycles. The van der Waals surface area contributed by atoms with Crippen LogP contribution in [-0.2, 0) is 9.05 Å². The highest BCUT2D eigenvalue weighted by Gasteiger charge is 2.23. The van der Waals surface area contributed by atoms with Crippen LogP contribution in [0.2, 0.25) is 0 Å². The number of hydrogen-bond acceptors (Lipinski definition) is 4. The molecule has 0 radical (unpaired) electrons. The summed E-state index contributed by atoms with van der Waals surface area (Å²) in [6, 6.07) is 0.292. The summed E-state index contributed by atoms with van der Waals surface area (Å²) < 4.78 is 58.7. The SMILES string of the molecule is Nc1nc(S(=O)(=O)Cl)cc(F)c1C(F)F. The zero-order valence-corrected chi connectivity index (χ0v) is 8.49. The predicted molar refractivity (Wildman–Crippen MR) is 46.6 cm³/mol. The fourth-order valence-electron chi connectivity index (χ4n) is 0.861. The van der Waals surface area contributed by atoms with Crippen molar-refractivity contribution in [3.8, 4) is 0 Å². The second kappa shape index (κ2) is 3.86. The molecule has 0 aliphatic heterocycles. The molecule has 0 unspecified atom stereocenters. The monoisotopic (exact) mass is 260 g/mol. The van der Waals surface area contributed by atoms with Gasteiger partial charge in [0.25, 0.3) is 15.5 Å². The quantitative estimate of drug-likeness (QED) is 0.821. The Labute approximate surface area is 87.3 Å². The number of nitrogens with two attached hydrogens (primary N) is 1. The van der Waals surface area contributed by atoms with Gasteiger partial charge in [-0.15, -0.1) is 0 Å². The molecule has 0 saturated carbocycles. The van der Waals surface area contributed by atoms with Crippen molar-refractivity contribution in [1.82, 2.24) is 4.98 Å². The Hall–Kier alpha value is -1.02. The molecule has 0 amide bonds. The van der Waals surface area contributed by atoms with E-state index in [1.807, 2.05) is 0 Å². The van der Waals surface area contributed by atoms with Gasteiger partial charge in [0.2, 0.25) is 0 Å². The molecule has 0 aliphatic carbocycles. The van der Waals surface area contributed by atoms with Crippen molar-refractivity contribution in [2.75, 3.05) is 5.73 Å². The van der Waals surface area contributed by atoms with E-state index in [0.29, 0.717) is 6.07 Å². The number of hydrogen-bond donors (Lipinski definition) is 1. The lowest BCUT2D eigenvalue weighted by Crippen LogP contribution is -2.06. The van der Waals surface area contributed by atoms with Gasteiger partial charge in [0, 0.05) is 16.7 Å². The standard InChI is InChI=1S/C6H4ClF3N2O2S/c7-15(13,14)3-1-2(8)4(5(9)10)6(11)12-3/h1,5H,(H2,11,12). The first-order valence-electron chi connectivity index (χ1n) is 3.42. The lowest BCUT2D eigenvalue weighted by molar-refractivity contribution is 0.146. The summed E-state index contributed by atoms with van der Waals surface area (Å²) in [4.78, 5) is 3.06. The first-order chi connectivity index (χ1) is 6.73. The second-order valence-corrected chi connectivity index (χ2v) is 4.99. The van der Waals surface area contributed by atoms with Gasteiger partial charge >= 0.3 is 0 Å². The molecule has 0 fully saturated rings. The number of alkyl halides is 2. The summed E-state index contributed by atoms with van der Waals surface area (Å²) in [5, 5.41) is -0.899. The first kappa shape index (κ1) is 12.1. The molecule has 15 heavy (non-hydrogen) atoms. The number of anilines is 1. The van der Waals surface area contributed by atoms with E-state index in [-0.39, 0.29) is 0 Å². The topological polar surface area (TPSA) is 73.0 Å².